The van der Waals surface area contributed by atoms with Gasteiger partial charge in [0.1, 0.15) is 28.8 Å². The van der Waals surface area contributed by atoms with E-state index in [1.54, 1.807) is 38.5 Å². The predicted octanol–water partition coefficient (Wildman–Crippen LogP) is 6.76. The monoisotopic (exact) mass is 742 g/mol. The van der Waals surface area contributed by atoms with E-state index < -0.39 is 5.97 Å². The molecule has 0 aliphatic heterocycles. The Labute approximate surface area is 244 Å². The summed E-state index contributed by atoms with van der Waals surface area (Å²) in [7, 11) is 3.09. The van der Waals surface area contributed by atoms with Crippen molar-refractivity contribution in [1.82, 2.24) is 10.2 Å². The molecule has 11 heteroatoms. The molecule has 0 atom stereocenters. The second-order valence-corrected chi connectivity index (χ2v) is 10.9. The summed E-state index contributed by atoms with van der Waals surface area (Å²) in [5, 5.41) is 18.1. The Morgan fingerprint density at radius 1 is 1.03 bits per heavy atom. The third-order valence-electron chi connectivity index (χ3n) is 4.96. The number of carboxylic acids is 1. The number of hydrogen-bond donors (Lipinski definition) is 1. The van der Waals surface area contributed by atoms with E-state index in [1.165, 1.54) is 0 Å². The Hall–Kier alpha value is -2.78. The third-order valence-corrected chi connectivity index (χ3v) is 7.24. The van der Waals surface area contributed by atoms with E-state index in [0.717, 1.165) is 24.5 Å². The molecule has 3 aromatic carbocycles. The van der Waals surface area contributed by atoms with Crippen LogP contribution in [0.5, 0.6) is 17.2 Å². The van der Waals surface area contributed by atoms with Crippen LogP contribution in [0.3, 0.4) is 0 Å². The van der Waals surface area contributed by atoms with E-state index in [2.05, 4.69) is 55.4 Å². The first-order valence-electron chi connectivity index (χ1n) is 10.7. The Morgan fingerprint density at radius 2 is 1.73 bits per heavy atom. The maximum absolute atomic E-state index is 12.2. The molecular formula is C26H20I2N2O6S. The van der Waals surface area contributed by atoms with Crippen molar-refractivity contribution in [2.75, 3.05) is 14.2 Å². The van der Waals surface area contributed by atoms with Crippen LogP contribution in [0, 0.1) is 7.14 Å². The lowest BCUT2D eigenvalue weighted by atomic mass is 10.2. The Morgan fingerprint density at radius 3 is 2.38 bits per heavy atom. The zero-order chi connectivity index (χ0) is 26.4. The van der Waals surface area contributed by atoms with Gasteiger partial charge < -0.3 is 23.7 Å². The van der Waals surface area contributed by atoms with Crippen LogP contribution in [0.2, 0.25) is 0 Å². The van der Waals surface area contributed by atoms with Gasteiger partial charge in [-0.1, -0.05) is 30.3 Å². The minimum absolute atomic E-state index is 0.000726. The maximum Gasteiger partial charge on any atom is 0.342 e. The van der Waals surface area contributed by atoms with Crippen molar-refractivity contribution in [1.29, 1.82) is 0 Å². The fraction of sp³-hybridized carbons (Fsp3) is 0.115. The third kappa shape index (κ3) is 7.17. The summed E-state index contributed by atoms with van der Waals surface area (Å²) in [6, 6.07) is 18.8. The number of rotatable bonds is 10. The Bertz CT molecular complexity index is 1420. The minimum atomic E-state index is -1.13. The van der Waals surface area contributed by atoms with Crippen LogP contribution < -0.4 is 14.2 Å². The van der Waals surface area contributed by atoms with Crippen molar-refractivity contribution in [3.63, 3.8) is 0 Å². The zero-order valence-electron chi connectivity index (χ0n) is 19.6. The quantitative estimate of drug-likeness (QED) is 0.107. The summed E-state index contributed by atoms with van der Waals surface area (Å²) in [6.07, 6.45) is 1.55. The van der Waals surface area contributed by atoms with Gasteiger partial charge in [0.15, 0.2) is 0 Å². The highest BCUT2D eigenvalue weighted by Crippen LogP contribution is 2.36. The number of carboxylic acid groups (broad SMARTS) is 1. The van der Waals surface area contributed by atoms with E-state index >= 15 is 0 Å². The molecule has 0 saturated heterocycles. The molecule has 0 unspecified atom stereocenters. The molecule has 4 rings (SSSR count). The van der Waals surface area contributed by atoms with E-state index in [9.17, 15) is 9.90 Å². The summed E-state index contributed by atoms with van der Waals surface area (Å²) < 4.78 is 24.3. The van der Waals surface area contributed by atoms with Gasteiger partial charge in [-0.25, -0.2) is 4.79 Å². The molecule has 1 N–H and O–H groups in total. The number of aromatic nitrogens is 2. The molecule has 1 heterocycles. The molecular weight excluding hydrogens is 722 g/mol. The van der Waals surface area contributed by atoms with Crippen molar-refractivity contribution in [3.05, 3.63) is 83.8 Å². The fourth-order valence-corrected chi connectivity index (χ4v) is 5.95. The molecule has 0 aliphatic rings. The summed E-state index contributed by atoms with van der Waals surface area (Å²) in [5.41, 5.74) is 2.22. The van der Waals surface area contributed by atoms with Gasteiger partial charge in [0, 0.05) is 20.8 Å². The number of thioether (sulfide) groups is 1. The molecule has 190 valence electrons. The number of methoxy groups -OCH3 is 2. The lowest BCUT2D eigenvalue weighted by molar-refractivity contribution is -0.131. The molecule has 0 bridgehead atoms. The van der Waals surface area contributed by atoms with Gasteiger partial charge >= 0.3 is 5.97 Å². The van der Waals surface area contributed by atoms with Gasteiger partial charge in [0.05, 0.1) is 17.8 Å². The van der Waals surface area contributed by atoms with Crippen molar-refractivity contribution >= 4 is 69.0 Å². The first kappa shape index (κ1) is 27.3. The molecule has 1 aromatic heterocycles. The van der Waals surface area contributed by atoms with E-state index in [0.29, 0.717) is 35.0 Å². The molecule has 0 aliphatic carbocycles. The van der Waals surface area contributed by atoms with Gasteiger partial charge in [-0.15, -0.1) is 10.2 Å². The van der Waals surface area contributed by atoms with Crippen molar-refractivity contribution in [3.8, 4) is 28.7 Å². The number of halogens is 2. The highest BCUT2D eigenvalue weighted by atomic mass is 127. The first-order chi connectivity index (χ1) is 17.9. The highest BCUT2D eigenvalue weighted by Gasteiger charge is 2.19. The van der Waals surface area contributed by atoms with Crippen LogP contribution in [0.4, 0.5) is 0 Å². The molecule has 0 radical (unpaired) electrons. The standard InChI is InChI=1S/C26H20I2N2O6S/c1-33-19-9-17(10-20(13-19)34-2)24-29-30-26(36-24)37-22(25(31)32)11-16-8-18(27)12-21(28)23(16)35-14-15-6-4-3-5-7-15/h3-13H,14H2,1-2H3,(H,31,32)/b22-11-. The van der Waals surface area contributed by atoms with Crippen LogP contribution in [0.1, 0.15) is 11.1 Å². The SMILES string of the molecule is COc1cc(OC)cc(-c2nnc(S/C(=C\c3cc(I)cc(I)c3OCc3ccccc3)C(=O)O)o2)c1. The van der Waals surface area contributed by atoms with Gasteiger partial charge in [0.2, 0.25) is 5.89 Å². The van der Waals surface area contributed by atoms with Gasteiger partial charge in [-0.05, 0) is 92.8 Å². The molecule has 8 nitrogen and oxygen atoms in total. The summed E-state index contributed by atoms with van der Waals surface area (Å²) in [6.45, 7) is 0.352. The smallest absolute Gasteiger partial charge is 0.342 e. The Balaban J connectivity index is 1.62. The van der Waals surface area contributed by atoms with E-state index in [4.69, 9.17) is 18.6 Å². The van der Waals surface area contributed by atoms with Gasteiger partial charge in [0.25, 0.3) is 5.22 Å². The normalized spacial score (nSPS) is 11.3. The molecule has 0 saturated carbocycles. The Kier molecular flexibility index (Phi) is 9.32. The average molecular weight is 742 g/mol. The summed E-state index contributed by atoms with van der Waals surface area (Å²) >= 11 is 5.24. The zero-order valence-corrected chi connectivity index (χ0v) is 24.7. The van der Waals surface area contributed by atoms with Crippen molar-refractivity contribution in [2.24, 2.45) is 0 Å². The number of aliphatic carboxylic acids is 1. The van der Waals surface area contributed by atoms with E-state index in [1.807, 2.05) is 42.5 Å². The summed E-state index contributed by atoms with van der Waals surface area (Å²) in [5.74, 6) is 0.795. The van der Waals surface area contributed by atoms with Crippen molar-refractivity contribution < 1.29 is 28.5 Å². The maximum atomic E-state index is 12.2. The molecule has 0 spiro atoms. The van der Waals surface area contributed by atoms with Gasteiger partial charge in [-0.3, -0.25) is 0 Å². The number of carbonyl (C=O) groups is 1. The lowest BCUT2D eigenvalue weighted by Gasteiger charge is -2.13. The number of hydrogen-bond acceptors (Lipinski definition) is 8. The fourth-order valence-electron chi connectivity index (χ4n) is 3.24. The molecule has 0 amide bonds. The van der Waals surface area contributed by atoms with Crippen LogP contribution in [0.15, 0.2) is 75.2 Å². The number of ether oxygens (including phenoxy) is 3. The second kappa shape index (κ2) is 12.6. The number of nitrogens with zero attached hydrogens (tertiary/aromatic N) is 2. The molecule has 4 aromatic rings. The topological polar surface area (TPSA) is 104 Å². The molecule has 0 fully saturated rings. The summed E-state index contributed by atoms with van der Waals surface area (Å²) in [4.78, 5) is 12.2. The average Bonchev–Trinajstić information content (AvgIpc) is 3.36. The van der Waals surface area contributed by atoms with Crippen LogP contribution >= 0.6 is 56.9 Å². The predicted molar refractivity (Wildman–Crippen MR) is 157 cm³/mol. The van der Waals surface area contributed by atoms with Crippen LogP contribution in [0.25, 0.3) is 17.5 Å². The molecule has 37 heavy (non-hydrogen) atoms. The lowest BCUT2D eigenvalue weighted by Crippen LogP contribution is -2.01. The minimum Gasteiger partial charge on any atom is -0.497 e. The largest absolute Gasteiger partial charge is 0.497 e. The number of benzene rings is 3. The van der Waals surface area contributed by atoms with Crippen LogP contribution in [-0.4, -0.2) is 35.5 Å². The highest BCUT2D eigenvalue weighted by molar-refractivity contribution is 14.1. The van der Waals surface area contributed by atoms with Crippen molar-refractivity contribution in [2.45, 2.75) is 11.8 Å². The van der Waals surface area contributed by atoms with Crippen LogP contribution in [-0.2, 0) is 11.4 Å². The van der Waals surface area contributed by atoms with Gasteiger partial charge in [-0.2, -0.15) is 0 Å². The second-order valence-electron chi connectivity index (χ2n) is 7.47. The van der Waals surface area contributed by atoms with E-state index in [-0.39, 0.29) is 16.0 Å². The first-order valence-corrected chi connectivity index (χ1v) is 13.7.